The highest BCUT2D eigenvalue weighted by molar-refractivity contribution is 5.76. The van der Waals surface area contributed by atoms with E-state index in [1.54, 1.807) is 18.2 Å². The molecule has 3 aliphatic heterocycles. The van der Waals surface area contributed by atoms with E-state index >= 15 is 0 Å². The molecule has 1 unspecified atom stereocenters. The number of fused-ring (bicyclic) bond motifs is 2. The predicted molar refractivity (Wildman–Crippen MR) is 91.7 cm³/mol. The minimum absolute atomic E-state index is 0.140. The van der Waals surface area contributed by atoms with E-state index in [9.17, 15) is 9.90 Å². The number of aliphatic hydroxyl groups is 1. The normalized spacial score (nSPS) is 23.4. The molecule has 3 aliphatic rings. The molecule has 3 atom stereocenters. The molecule has 0 aromatic heterocycles. The Hall–Kier alpha value is -2.93. The van der Waals surface area contributed by atoms with Crippen molar-refractivity contribution >= 4 is 5.97 Å². The van der Waals surface area contributed by atoms with Crippen LogP contribution < -0.4 is 18.9 Å². The van der Waals surface area contributed by atoms with Crippen LogP contribution in [0.2, 0.25) is 0 Å². The smallest absolute Gasteiger partial charge is 0.312 e. The molecule has 2 aromatic carbocycles. The number of carbonyl (C=O) groups excluding carboxylic acids is 1. The van der Waals surface area contributed by atoms with E-state index in [2.05, 4.69) is 0 Å². The van der Waals surface area contributed by atoms with Gasteiger partial charge in [-0.2, -0.15) is 0 Å². The Kier molecular flexibility index (Phi) is 3.82. The molecule has 0 aliphatic carbocycles. The van der Waals surface area contributed by atoms with E-state index < -0.39 is 12.0 Å². The van der Waals surface area contributed by atoms with Crippen molar-refractivity contribution in [3.05, 3.63) is 47.5 Å². The Bertz CT molecular complexity index is 894. The maximum atomic E-state index is 12.3. The first-order valence-electron chi connectivity index (χ1n) is 8.82. The summed E-state index contributed by atoms with van der Waals surface area (Å²) in [5, 5.41) is 10.9. The average Bonchev–Trinajstić information content (AvgIpc) is 3.40. The van der Waals surface area contributed by atoms with Crippen molar-refractivity contribution < 1.29 is 33.6 Å². The summed E-state index contributed by atoms with van der Waals surface area (Å²) in [5.41, 5.74) is 1.62. The van der Waals surface area contributed by atoms with Gasteiger partial charge in [-0.15, -0.1) is 0 Å². The van der Waals surface area contributed by atoms with Crippen LogP contribution in [-0.2, 0) is 16.0 Å². The summed E-state index contributed by atoms with van der Waals surface area (Å²) >= 11 is 0. The van der Waals surface area contributed by atoms with E-state index in [1.165, 1.54) is 0 Å². The molecular formula is C20H18O7. The van der Waals surface area contributed by atoms with Crippen LogP contribution >= 0.6 is 0 Å². The number of rotatable bonds is 4. The molecule has 1 fully saturated rings. The quantitative estimate of drug-likeness (QED) is 0.826. The zero-order valence-corrected chi connectivity index (χ0v) is 14.4. The Morgan fingerprint density at radius 1 is 0.889 bits per heavy atom. The van der Waals surface area contributed by atoms with Gasteiger partial charge in [0.25, 0.3) is 0 Å². The molecule has 3 heterocycles. The maximum absolute atomic E-state index is 12.3. The van der Waals surface area contributed by atoms with Gasteiger partial charge in [0.05, 0.1) is 18.6 Å². The van der Waals surface area contributed by atoms with Crippen molar-refractivity contribution in [3.63, 3.8) is 0 Å². The van der Waals surface area contributed by atoms with Crippen LogP contribution in [0, 0.1) is 11.8 Å². The first kappa shape index (κ1) is 16.3. The highest BCUT2D eigenvalue weighted by Gasteiger charge is 2.42. The van der Waals surface area contributed by atoms with Crippen LogP contribution in [0.4, 0.5) is 0 Å². The summed E-state index contributed by atoms with van der Waals surface area (Å²) in [6.45, 7) is 0.655. The lowest BCUT2D eigenvalue weighted by Gasteiger charge is -2.21. The van der Waals surface area contributed by atoms with Crippen molar-refractivity contribution in [1.82, 2.24) is 0 Å². The summed E-state index contributed by atoms with van der Waals surface area (Å²) in [4.78, 5) is 12.3. The van der Waals surface area contributed by atoms with E-state index in [0.717, 1.165) is 11.3 Å². The van der Waals surface area contributed by atoms with Crippen LogP contribution in [-0.4, -0.2) is 31.3 Å². The van der Waals surface area contributed by atoms with Crippen LogP contribution in [0.3, 0.4) is 0 Å². The molecule has 0 radical (unpaired) electrons. The number of esters is 1. The summed E-state index contributed by atoms with van der Waals surface area (Å²) in [5.74, 6) is 1.46. The van der Waals surface area contributed by atoms with E-state index in [4.69, 9.17) is 23.7 Å². The molecule has 1 N–H and O–H groups in total. The first-order chi connectivity index (χ1) is 13.2. The number of hydrogen-bond donors (Lipinski definition) is 1. The number of hydrogen-bond acceptors (Lipinski definition) is 7. The second kappa shape index (κ2) is 6.35. The van der Waals surface area contributed by atoms with Gasteiger partial charge in [0, 0.05) is 5.92 Å². The van der Waals surface area contributed by atoms with Gasteiger partial charge < -0.3 is 28.8 Å². The fourth-order valence-electron chi connectivity index (χ4n) is 3.83. The van der Waals surface area contributed by atoms with Crippen molar-refractivity contribution in [2.75, 3.05) is 20.2 Å². The number of carbonyl (C=O) groups is 1. The van der Waals surface area contributed by atoms with Crippen LogP contribution in [0.15, 0.2) is 36.4 Å². The molecule has 0 amide bonds. The third kappa shape index (κ3) is 2.84. The Balaban J connectivity index is 1.37. The van der Waals surface area contributed by atoms with Crippen molar-refractivity contribution in [1.29, 1.82) is 0 Å². The Morgan fingerprint density at radius 3 is 2.33 bits per heavy atom. The molecule has 1 saturated heterocycles. The Labute approximate surface area is 155 Å². The van der Waals surface area contributed by atoms with E-state index in [1.807, 2.05) is 18.2 Å². The van der Waals surface area contributed by atoms with Gasteiger partial charge in [0.2, 0.25) is 13.6 Å². The minimum atomic E-state index is -0.978. The fourth-order valence-corrected chi connectivity index (χ4v) is 3.83. The predicted octanol–water partition coefficient (Wildman–Crippen LogP) is 2.21. The van der Waals surface area contributed by atoms with Gasteiger partial charge in [0.15, 0.2) is 23.0 Å². The SMILES string of the molecule is O=C1OC[C@H](Cc2ccc3c(c2)OCO3)[C@H]1C(O)c1ccc2c(c1)OCO2. The maximum Gasteiger partial charge on any atom is 0.312 e. The molecule has 0 saturated carbocycles. The monoisotopic (exact) mass is 370 g/mol. The third-order valence-corrected chi connectivity index (χ3v) is 5.23. The van der Waals surface area contributed by atoms with Crippen molar-refractivity contribution in [2.45, 2.75) is 12.5 Å². The van der Waals surface area contributed by atoms with E-state index in [-0.39, 0.29) is 32.1 Å². The number of benzene rings is 2. The van der Waals surface area contributed by atoms with Gasteiger partial charge in [-0.05, 0) is 41.8 Å². The van der Waals surface area contributed by atoms with Crippen molar-refractivity contribution in [3.8, 4) is 23.0 Å². The minimum Gasteiger partial charge on any atom is -0.465 e. The zero-order valence-electron chi connectivity index (χ0n) is 14.4. The molecule has 2 aromatic rings. The summed E-state index contributed by atoms with van der Waals surface area (Å²) in [6, 6.07) is 10.9. The van der Waals surface area contributed by atoms with Gasteiger partial charge in [-0.1, -0.05) is 12.1 Å². The lowest BCUT2D eigenvalue weighted by atomic mass is 9.83. The molecular weight excluding hydrogens is 352 g/mol. The number of cyclic esters (lactones) is 1. The van der Waals surface area contributed by atoms with Crippen LogP contribution in [0.5, 0.6) is 23.0 Å². The third-order valence-electron chi connectivity index (χ3n) is 5.23. The zero-order chi connectivity index (χ0) is 18.4. The molecule has 7 nitrogen and oxygen atoms in total. The Morgan fingerprint density at radius 2 is 1.56 bits per heavy atom. The first-order valence-corrected chi connectivity index (χ1v) is 8.82. The fraction of sp³-hybridized carbons (Fsp3) is 0.350. The van der Waals surface area contributed by atoms with Crippen LogP contribution in [0.1, 0.15) is 17.2 Å². The summed E-state index contributed by atoms with van der Waals surface area (Å²) in [7, 11) is 0. The topological polar surface area (TPSA) is 83.5 Å². The van der Waals surface area contributed by atoms with E-state index in [0.29, 0.717) is 29.2 Å². The van der Waals surface area contributed by atoms with Crippen molar-refractivity contribution in [2.24, 2.45) is 11.8 Å². The number of aliphatic hydroxyl groups excluding tert-OH is 1. The van der Waals surface area contributed by atoms with Gasteiger partial charge >= 0.3 is 5.97 Å². The van der Waals surface area contributed by atoms with Gasteiger partial charge in [-0.25, -0.2) is 0 Å². The largest absolute Gasteiger partial charge is 0.465 e. The van der Waals surface area contributed by atoms with Gasteiger partial charge in [0.1, 0.15) is 0 Å². The molecule has 5 rings (SSSR count). The second-order valence-corrected chi connectivity index (χ2v) is 6.87. The molecule has 0 spiro atoms. The van der Waals surface area contributed by atoms with Gasteiger partial charge in [-0.3, -0.25) is 4.79 Å². The summed E-state index contributed by atoms with van der Waals surface area (Å²) < 4.78 is 26.7. The standard InChI is InChI=1S/C20H18O7/c21-19(12-2-4-15-17(7-12)27-10-25-15)18-13(8-23-20(18)22)5-11-1-3-14-16(6-11)26-9-24-14/h1-4,6-7,13,18-19,21H,5,8-10H2/t13-,18-,19?/m0/s1. The highest BCUT2D eigenvalue weighted by atomic mass is 16.7. The highest BCUT2D eigenvalue weighted by Crippen LogP contribution is 2.41. The molecule has 27 heavy (non-hydrogen) atoms. The molecule has 0 bridgehead atoms. The lowest BCUT2D eigenvalue weighted by molar-refractivity contribution is -0.144. The second-order valence-electron chi connectivity index (χ2n) is 6.87. The molecule has 140 valence electrons. The van der Waals surface area contributed by atoms with Crippen LogP contribution in [0.25, 0.3) is 0 Å². The summed E-state index contributed by atoms with van der Waals surface area (Å²) in [6.07, 6.45) is -0.386. The molecule has 7 heteroatoms. The average molecular weight is 370 g/mol. The number of ether oxygens (including phenoxy) is 5. The lowest BCUT2D eigenvalue weighted by Crippen LogP contribution is -2.25.